The minimum atomic E-state index is -2.96. The number of nitrogen functional groups attached to an aromatic ring is 1. The number of thiophene rings is 1. The molecular formula is C25H31N2O3PS. The largest absolute Gasteiger partial charge is 0.442 e. The first-order valence-electron chi connectivity index (χ1n) is 10.7. The summed E-state index contributed by atoms with van der Waals surface area (Å²) in [6.07, 6.45) is 0.745. The Labute approximate surface area is 194 Å². The number of anilines is 2. The van der Waals surface area contributed by atoms with Crippen LogP contribution in [0.2, 0.25) is 0 Å². The van der Waals surface area contributed by atoms with Gasteiger partial charge in [0.25, 0.3) is 13.3 Å². The molecule has 1 atom stereocenters. The van der Waals surface area contributed by atoms with Crippen molar-refractivity contribution in [1.82, 2.24) is 0 Å². The summed E-state index contributed by atoms with van der Waals surface area (Å²) in [7, 11) is -2.96. The molecule has 3 rings (SSSR count). The van der Waals surface area contributed by atoms with E-state index in [9.17, 15) is 9.36 Å². The van der Waals surface area contributed by atoms with Gasteiger partial charge in [-0.05, 0) is 73.7 Å². The van der Waals surface area contributed by atoms with E-state index in [1.807, 2.05) is 64.3 Å². The van der Waals surface area contributed by atoms with Gasteiger partial charge < -0.3 is 15.6 Å². The fraction of sp³-hybridized carbons (Fsp3) is 0.320. The monoisotopic (exact) mass is 470 g/mol. The molecule has 0 saturated heterocycles. The molecule has 0 aliphatic rings. The molecule has 5 nitrogen and oxygen atoms in total. The average molecular weight is 471 g/mol. The minimum absolute atomic E-state index is 0.112. The highest BCUT2D eigenvalue weighted by Gasteiger charge is 2.44. The van der Waals surface area contributed by atoms with Crippen LogP contribution in [0.3, 0.4) is 0 Å². The molecule has 0 spiro atoms. The van der Waals surface area contributed by atoms with Crippen molar-refractivity contribution in [3.63, 3.8) is 0 Å². The van der Waals surface area contributed by atoms with Crippen LogP contribution in [0.25, 0.3) is 10.4 Å². The van der Waals surface area contributed by atoms with Crippen LogP contribution in [0, 0.1) is 0 Å². The zero-order valence-electron chi connectivity index (χ0n) is 19.2. The molecule has 0 saturated carbocycles. The molecule has 7 heteroatoms. The molecule has 0 aliphatic carbocycles. The van der Waals surface area contributed by atoms with E-state index in [-0.39, 0.29) is 11.6 Å². The molecule has 0 fully saturated rings. The zero-order chi connectivity index (χ0) is 23.5. The van der Waals surface area contributed by atoms with Crippen LogP contribution >= 0.6 is 18.7 Å². The number of hydrogen-bond donors (Lipinski definition) is 2. The van der Waals surface area contributed by atoms with Gasteiger partial charge in [0.05, 0.1) is 16.5 Å². The van der Waals surface area contributed by atoms with E-state index >= 15 is 0 Å². The average Bonchev–Trinajstić information content (AvgIpc) is 3.30. The van der Waals surface area contributed by atoms with Crippen molar-refractivity contribution in [3.05, 3.63) is 65.5 Å². The Balaban J connectivity index is 1.77. The Morgan fingerprint density at radius 3 is 2.41 bits per heavy atom. The summed E-state index contributed by atoms with van der Waals surface area (Å²) in [5, 5.41) is 4.46. The zero-order valence-corrected chi connectivity index (χ0v) is 20.9. The van der Waals surface area contributed by atoms with Crippen LogP contribution in [0.5, 0.6) is 5.75 Å². The van der Waals surface area contributed by atoms with E-state index < -0.39 is 12.5 Å². The Morgan fingerprint density at radius 1 is 1.16 bits per heavy atom. The van der Waals surface area contributed by atoms with Gasteiger partial charge in [-0.3, -0.25) is 9.36 Å². The molecule has 0 aliphatic heterocycles. The summed E-state index contributed by atoms with van der Waals surface area (Å²) in [5.41, 5.74) is 8.50. The van der Waals surface area contributed by atoms with Gasteiger partial charge in [-0.1, -0.05) is 32.9 Å². The summed E-state index contributed by atoms with van der Waals surface area (Å²) in [4.78, 5) is 13.9. The SMILES string of the molecule is CCC(C)(C)P(=O)(Oc1ccc(C(=O)Nc2cc(-c3cccs3)ccc2N)cc1)C(C)C. The molecule has 0 radical (unpaired) electrons. The second-order valence-electron chi connectivity index (χ2n) is 8.71. The van der Waals surface area contributed by atoms with E-state index in [2.05, 4.69) is 5.32 Å². The van der Waals surface area contributed by atoms with Gasteiger partial charge in [-0.25, -0.2) is 0 Å². The third-order valence-corrected chi connectivity index (χ3v) is 10.6. The molecule has 32 heavy (non-hydrogen) atoms. The van der Waals surface area contributed by atoms with Gasteiger partial charge in [0.1, 0.15) is 5.75 Å². The Kier molecular flexibility index (Phi) is 7.16. The summed E-state index contributed by atoms with van der Waals surface area (Å²) < 4.78 is 19.7. The minimum Gasteiger partial charge on any atom is -0.442 e. The van der Waals surface area contributed by atoms with Gasteiger partial charge in [0, 0.05) is 16.1 Å². The van der Waals surface area contributed by atoms with E-state index in [1.165, 1.54) is 0 Å². The molecule has 1 aromatic heterocycles. The van der Waals surface area contributed by atoms with Crippen LogP contribution in [0.1, 0.15) is 51.4 Å². The summed E-state index contributed by atoms with van der Waals surface area (Å²) in [5.74, 6) is 0.229. The lowest BCUT2D eigenvalue weighted by Crippen LogP contribution is -2.27. The van der Waals surface area contributed by atoms with Gasteiger partial charge in [0.2, 0.25) is 0 Å². The van der Waals surface area contributed by atoms with Crippen molar-refractivity contribution >= 4 is 36.0 Å². The predicted octanol–water partition coefficient (Wildman–Crippen LogP) is 7.50. The van der Waals surface area contributed by atoms with Crippen molar-refractivity contribution in [1.29, 1.82) is 0 Å². The number of amides is 1. The maximum absolute atomic E-state index is 13.6. The number of hydrogen-bond acceptors (Lipinski definition) is 5. The number of nitrogens with one attached hydrogen (secondary N) is 1. The maximum Gasteiger partial charge on any atom is 0.255 e. The molecule has 1 heterocycles. The van der Waals surface area contributed by atoms with Gasteiger partial charge >= 0.3 is 0 Å². The van der Waals surface area contributed by atoms with Gasteiger partial charge in [-0.15, -0.1) is 11.3 Å². The highest BCUT2D eigenvalue weighted by atomic mass is 32.1. The Morgan fingerprint density at radius 2 is 1.84 bits per heavy atom. The lowest BCUT2D eigenvalue weighted by molar-refractivity contribution is 0.102. The van der Waals surface area contributed by atoms with Gasteiger partial charge in [-0.2, -0.15) is 0 Å². The third-order valence-electron chi connectivity index (χ3n) is 5.85. The van der Waals surface area contributed by atoms with Crippen LogP contribution < -0.4 is 15.6 Å². The second kappa shape index (κ2) is 9.51. The van der Waals surface area contributed by atoms with Crippen LogP contribution in [0.4, 0.5) is 11.4 Å². The fourth-order valence-corrected chi connectivity index (χ4v) is 6.88. The van der Waals surface area contributed by atoms with Crippen molar-refractivity contribution < 1.29 is 13.9 Å². The second-order valence-corrected chi connectivity index (χ2v) is 13.3. The first kappa shape index (κ1) is 24.1. The van der Waals surface area contributed by atoms with Crippen LogP contribution in [0.15, 0.2) is 60.0 Å². The summed E-state index contributed by atoms with van der Waals surface area (Å²) in [6, 6.07) is 16.4. The van der Waals surface area contributed by atoms with Crippen LogP contribution in [-0.4, -0.2) is 16.7 Å². The first-order valence-corrected chi connectivity index (χ1v) is 13.3. The normalized spacial score (nSPS) is 13.6. The number of nitrogens with two attached hydrogens (primary N) is 1. The van der Waals surface area contributed by atoms with Crippen molar-refractivity contribution in [3.8, 4) is 16.2 Å². The molecule has 2 aromatic carbocycles. The van der Waals surface area contributed by atoms with E-state index in [4.69, 9.17) is 10.3 Å². The van der Waals surface area contributed by atoms with Gasteiger partial charge in [0.15, 0.2) is 0 Å². The summed E-state index contributed by atoms with van der Waals surface area (Å²) >= 11 is 1.63. The Hall–Kier alpha value is -2.56. The quantitative estimate of drug-likeness (QED) is 0.264. The summed E-state index contributed by atoms with van der Waals surface area (Å²) in [6.45, 7) is 9.82. The van der Waals surface area contributed by atoms with Crippen LogP contribution in [-0.2, 0) is 4.57 Å². The molecule has 170 valence electrons. The molecular weight excluding hydrogens is 439 g/mol. The lowest BCUT2D eigenvalue weighted by atomic mass is 10.1. The maximum atomic E-state index is 13.6. The number of benzene rings is 2. The first-order chi connectivity index (χ1) is 15.1. The predicted molar refractivity (Wildman–Crippen MR) is 136 cm³/mol. The van der Waals surface area contributed by atoms with Crippen molar-refractivity contribution in [2.24, 2.45) is 0 Å². The highest BCUT2D eigenvalue weighted by Crippen LogP contribution is 2.63. The highest BCUT2D eigenvalue weighted by molar-refractivity contribution is 7.61. The number of rotatable bonds is 8. The third kappa shape index (κ3) is 4.92. The molecule has 3 aromatic rings. The standard InChI is InChI=1S/C25H31N2O3PS/c1-6-25(4,5)31(29,17(2)3)30-20-12-9-18(10-13-20)24(28)27-22-16-19(11-14-21(22)26)23-8-7-15-32-23/h7-17H,6,26H2,1-5H3,(H,27,28). The topological polar surface area (TPSA) is 81.4 Å². The lowest BCUT2D eigenvalue weighted by Gasteiger charge is -2.36. The number of carbonyl (C=O) groups excluding carboxylic acids is 1. The molecule has 1 amide bonds. The van der Waals surface area contributed by atoms with Crippen molar-refractivity contribution in [2.45, 2.75) is 51.9 Å². The van der Waals surface area contributed by atoms with Crippen molar-refractivity contribution in [2.75, 3.05) is 11.1 Å². The molecule has 1 unspecified atom stereocenters. The van der Waals surface area contributed by atoms with E-state index in [0.29, 0.717) is 22.7 Å². The number of carbonyl (C=O) groups is 1. The van der Waals surface area contributed by atoms with E-state index in [1.54, 1.807) is 41.7 Å². The Bertz CT molecular complexity index is 1120. The fourth-order valence-electron chi connectivity index (χ4n) is 3.43. The molecule has 3 N–H and O–H groups in total. The van der Waals surface area contributed by atoms with E-state index in [0.717, 1.165) is 16.9 Å². The smallest absolute Gasteiger partial charge is 0.255 e. The molecule has 0 bridgehead atoms.